The highest BCUT2D eigenvalue weighted by atomic mass is 16.5. The van der Waals surface area contributed by atoms with Crippen molar-refractivity contribution >= 4 is 22.6 Å². The third-order valence-corrected chi connectivity index (χ3v) is 5.42. The normalized spacial score (nSPS) is 11.5. The van der Waals surface area contributed by atoms with Crippen molar-refractivity contribution in [2.45, 2.75) is 26.2 Å². The molecule has 9 heteroatoms. The number of carbonyl (C=O) groups is 1. The number of aromatic nitrogens is 4. The summed E-state index contributed by atoms with van der Waals surface area (Å²) in [4.78, 5) is 21.1. The second kappa shape index (κ2) is 8.50. The number of hydrogen-bond donors (Lipinski definition) is 3. The van der Waals surface area contributed by atoms with Crippen LogP contribution < -0.4 is 19.5 Å². The zero-order valence-electron chi connectivity index (χ0n) is 19.5. The van der Waals surface area contributed by atoms with Gasteiger partial charge in [-0.3, -0.25) is 9.89 Å². The average Bonchev–Trinajstić information content (AvgIpc) is 3.42. The molecule has 0 atom stereocenters. The van der Waals surface area contributed by atoms with E-state index in [4.69, 9.17) is 14.2 Å². The topological polar surface area (TPSA) is 114 Å². The first-order valence-electron chi connectivity index (χ1n) is 10.4. The van der Waals surface area contributed by atoms with E-state index in [1.165, 1.54) is 0 Å². The minimum atomic E-state index is -0.306. The molecule has 0 aliphatic carbocycles. The maximum absolute atomic E-state index is 13.2. The second-order valence-corrected chi connectivity index (χ2v) is 8.59. The minimum Gasteiger partial charge on any atom is -0.496 e. The smallest absolute Gasteiger partial charge is 0.259 e. The van der Waals surface area contributed by atoms with Gasteiger partial charge < -0.3 is 24.5 Å². The molecule has 0 bridgehead atoms. The number of ether oxygens (including phenoxy) is 3. The Morgan fingerprint density at radius 2 is 1.67 bits per heavy atom. The quantitative estimate of drug-likeness (QED) is 0.399. The maximum Gasteiger partial charge on any atom is 0.259 e. The number of benzene rings is 2. The van der Waals surface area contributed by atoms with Gasteiger partial charge >= 0.3 is 0 Å². The number of anilines is 1. The lowest BCUT2D eigenvalue weighted by molar-refractivity contribution is 0.102. The van der Waals surface area contributed by atoms with Crippen molar-refractivity contribution in [3.63, 3.8) is 0 Å². The number of carbonyl (C=O) groups excluding carboxylic acids is 1. The van der Waals surface area contributed by atoms with Crippen LogP contribution in [0.1, 0.15) is 36.7 Å². The van der Waals surface area contributed by atoms with Crippen LogP contribution in [0.5, 0.6) is 17.2 Å². The summed E-state index contributed by atoms with van der Waals surface area (Å²) < 4.78 is 16.1. The fourth-order valence-electron chi connectivity index (χ4n) is 3.56. The summed E-state index contributed by atoms with van der Waals surface area (Å²) in [7, 11) is 4.69. The molecule has 0 unspecified atom stereocenters. The molecular weight excluding hydrogens is 422 g/mol. The summed E-state index contributed by atoms with van der Waals surface area (Å²) in [5.41, 5.74) is 3.84. The number of nitrogens with one attached hydrogen (secondary N) is 3. The molecule has 172 valence electrons. The summed E-state index contributed by atoms with van der Waals surface area (Å²) in [5.74, 6) is 1.87. The van der Waals surface area contributed by atoms with Gasteiger partial charge in [-0.05, 0) is 23.1 Å². The molecule has 0 radical (unpaired) electrons. The molecule has 2 aromatic carbocycles. The van der Waals surface area contributed by atoms with Crippen molar-refractivity contribution in [2.24, 2.45) is 0 Å². The van der Waals surface area contributed by atoms with E-state index in [1.54, 1.807) is 33.6 Å². The standard InChI is InChI=1S/C24H27N5O4/c1-24(2,3)13-7-8-18(31-4)14(9-13)23(30)28-17-12-25-29-21(17)22-26-15-10-19(32-5)20(33-6)11-16(15)27-22/h7-12H,1-6H3,(H,25,29)(H,26,27)(H,28,30). The summed E-state index contributed by atoms with van der Waals surface area (Å²) >= 11 is 0. The van der Waals surface area contributed by atoms with E-state index in [2.05, 4.69) is 46.3 Å². The lowest BCUT2D eigenvalue weighted by atomic mass is 9.86. The van der Waals surface area contributed by atoms with Crippen LogP contribution in [0.4, 0.5) is 5.69 Å². The predicted octanol–water partition coefficient (Wildman–Crippen LogP) is 4.53. The first kappa shape index (κ1) is 22.2. The van der Waals surface area contributed by atoms with Gasteiger partial charge in [-0.25, -0.2) is 4.98 Å². The van der Waals surface area contributed by atoms with Crippen LogP contribution in [0.2, 0.25) is 0 Å². The van der Waals surface area contributed by atoms with E-state index in [-0.39, 0.29) is 11.3 Å². The third-order valence-electron chi connectivity index (χ3n) is 5.42. The second-order valence-electron chi connectivity index (χ2n) is 8.59. The van der Waals surface area contributed by atoms with Gasteiger partial charge in [-0.15, -0.1) is 0 Å². The van der Waals surface area contributed by atoms with Gasteiger partial charge in [0.05, 0.1) is 49.8 Å². The Labute approximate surface area is 191 Å². The molecule has 3 N–H and O–H groups in total. The Kier molecular flexibility index (Phi) is 5.71. The Hall–Kier alpha value is -4.01. The van der Waals surface area contributed by atoms with Gasteiger partial charge in [0.25, 0.3) is 5.91 Å². The molecule has 1 amide bonds. The maximum atomic E-state index is 13.2. The third kappa shape index (κ3) is 4.21. The fourth-order valence-corrected chi connectivity index (χ4v) is 3.56. The van der Waals surface area contributed by atoms with Gasteiger partial charge in [0.15, 0.2) is 17.3 Å². The van der Waals surface area contributed by atoms with Crippen LogP contribution in [-0.4, -0.2) is 47.4 Å². The number of rotatable bonds is 6. The number of methoxy groups -OCH3 is 3. The molecule has 9 nitrogen and oxygen atoms in total. The highest BCUT2D eigenvalue weighted by molar-refractivity contribution is 6.07. The lowest BCUT2D eigenvalue weighted by Crippen LogP contribution is -2.17. The Morgan fingerprint density at radius 1 is 0.970 bits per heavy atom. The number of fused-ring (bicyclic) bond motifs is 1. The van der Waals surface area contributed by atoms with Crippen molar-refractivity contribution < 1.29 is 19.0 Å². The van der Waals surface area contributed by atoms with E-state index in [9.17, 15) is 4.79 Å². The lowest BCUT2D eigenvalue weighted by Gasteiger charge is -2.20. The summed E-state index contributed by atoms with van der Waals surface area (Å²) in [5, 5.41) is 9.94. The molecule has 0 saturated carbocycles. The first-order chi connectivity index (χ1) is 15.7. The van der Waals surface area contributed by atoms with Crippen LogP contribution in [0.25, 0.3) is 22.6 Å². The van der Waals surface area contributed by atoms with Gasteiger partial charge in [0.2, 0.25) is 0 Å². The van der Waals surface area contributed by atoms with Crippen LogP contribution in [0, 0.1) is 0 Å². The first-order valence-corrected chi connectivity index (χ1v) is 10.4. The highest BCUT2D eigenvalue weighted by Crippen LogP contribution is 2.34. The SMILES string of the molecule is COc1cc2nc(-c3[nH]ncc3NC(=O)c3cc(C(C)(C)C)ccc3OC)[nH]c2cc1OC. The molecule has 0 spiro atoms. The summed E-state index contributed by atoms with van der Waals surface area (Å²) in [6.07, 6.45) is 1.54. The van der Waals surface area contributed by atoms with Crippen molar-refractivity contribution in [3.8, 4) is 28.8 Å². The van der Waals surface area contributed by atoms with Crippen LogP contribution in [0.3, 0.4) is 0 Å². The van der Waals surface area contributed by atoms with Crippen molar-refractivity contribution in [1.29, 1.82) is 0 Å². The van der Waals surface area contributed by atoms with Crippen LogP contribution in [-0.2, 0) is 5.41 Å². The Morgan fingerprint density at radius 3 is 2.33 bits per heavy atom. The van der Waals surface area contributed by atoms with E-state index in [0.29, 0.717) is 45.5 Å². The van der Waals surface area contributed by atoms with E-state index >= 15 is 0 Å². The number of nitrogens with zero attached hydrogens (tertiary/aromatic N) is 2. The minimum absolute atomic E-state index is 0.113. The molecular formula is C24H27N5O4. The van der Waals surface area contributed by atoms with Crippen LogP contribution in [0.15, 0.2) is 36.5 Å². The van der Waals surface area contributed by atoms with Crippen molar-refractivity contribution in [3.05, 3.63) is 47.7 Å². The number of hydrogen-bond acceptors (Lipinski definition) is 6. The molecule has 0 fully saturated rings. The molecule has 33 heavy (non-hydrogen) atoms. The molecule has 4 aromatic rings. The number of amides is 1. The van der Waals surface area contributed by atoms with Gasteiger partial charge in [-0.1, -0.05) is 26.8 Å². The molecule has 4 rings (SSSR count). The Balaban J connectivity index is 1.68. The molecule has 0 aliphatic rings. The van der Waals surface area contributed by atoms with E-state index in [0.717, 1.165) is 11.1 Å². The number of imidazole rings is 1. The molecule has 2 aromatic heterocycles. The fraction of sp³-hybridized carbons (Fsp3) is 0.292. The molecule has 0 saturated heterocycles. The monoisotopic (exact) mass is 449 g/mol. The zero-order valence-corrected chi connectivity index (χ0v) is 19.5. The van der Waals surface area contributed by atoms with Crippen molar-refractivity contribution in [1.82, 2.24) is 20.2 Å². The number of aromatic amines is 2. The van der Waals surface area contributed by atoms with Gasteiger partial charge in [-0.2, -0.15) is 5.10 Å². The largest absolute Gasteiger partial charge is 0.496 e. The molecule has 2 heterocycles. The highest BCUT2D eigenvalue weighted by Gasteiger charge is 2.21. The van der Waals surface area contributed by atoms with Gasteiger partial charge in [0.1, 0.15) is 11.4 Å². The van der Waals surface area contributed by atoms with E-state index < -0.39 is 0 Å². The predicted molar refractivity (Wildman–Crippen MR) is 126 cm³/mol. The van der Waals surface area contributed by atoms with Gasteiger partial charge in [0, 0.05) is 12.1 Å². The van der Waals surface area contributed by atoms with Crippen molar-refractivity contribution in [2.75, 3.05) is 26.6 Å². The summed E-state index contributed by atoms with van der Waals surface area (Å²) in [6.45, 7) is 6.28. The summed E-state index contributed by atoms with van der Waals surface area (Å²) in [6, 6.07) is 9.23. The number of H-pyrrole nitrogens is 2. The van der Waals surface area contributed by atoms with Crippen LogP contribution >= 0.6 is 0 Å². The van der Waals surface area contributed by atoms with E-state index in [1.807, 2.05) is 24.3 Å². The Bertz CT molecular complexity index is 1280. The zero-order chi connectivity index (χ0) is 23.8. The average molecular weight is 450 g/mol. The molecule has 0 aliphatic heterocycles.